The van der Waals surface area contributed by atoms with Gasteiger partial charge in [-0.1, -0.05) is 29.3 Å². The van der Waals surface area contributed by atoms with Gasteiger partial charge in [0.15, 0.2) is 5.69 Å². The molecule has 0 saturated heterocycles. The minimum Gasteiger partial charge on any atom is -0.368 e. The number of halogens is 1. The molecule has 25 heavy (non-hydrogen) atoms. The van der Waals surface area contributed by atoms with Gasteiger partial charge in [0, 0.05) is 17.3 Å². The van der Waals surface area contributed by atoms with Crippen molar-refractivity contribution < 1.29 is 4.79 Å². The summed E-state index contributed by atoms with van der Waals surface area (Å²) in [7, 11) is 0. The highest BCUT2D eigenvalue weighted by atomic mass is 35.5. The largest absolute Gasteiger partial charge is 0.368 e. The molecule has 3 rings (SSSR count). The van der Waals surface area contributed by atoms with Gasteiger partial charge in [-0.15, -0.1) is 10.2 Å². The first-order valence-corrected chi connectivity index (χ1v) is 8.91. The Kier molecular flexibility index (Phi) is 6.01. The van der Waals surface area contributed by atoms with Crippen molar-refractivity contribution in [3.05, 3.63) is 58.8 Å². The van der Waals surface area contributed by atoms with Crippen molar-refractivity contribution in [1.29, 1.82) is 0 Å². The molecule has 1 heterocycles. The summed E-state index contributed by atoms with van der Waals surface area (Å²) in [5.41, 5.74) is 2.41. The number of hydrogen-bond donors (Lipinski definition) is 2. The highest BCUT2D eigenvalue weighted by Crippen LogP contribution is 2.20. The number of amides is 1. The van der Waals surface area contributed by atoms with Gasteiger partial charge in [-0.2, -0.15) is 0 Å². The monoisotopic (exact) mass is 356 g/mol. The minimum absolute atomic E-state index is 0.264. The number of aromatic nitrogens is 2. The van der Waals surface area contributed by atoms with Crippen LogP contribution in [-0.2, 0) is 0 Å². The van der Waals surface area contributed by atoms with E-state index in [2.05, 4.69) is 26.9 Å². The Bertz CT molecular complexity index is 758. The summed E-state index contributed by atoms with van der Waals surface area (Å²) < 4.78 is 0. The van der Waals surface area contributed by atoms with Crippen LogP contribution in [0.4, 0.5) is 11.5 Å². The van der Waals surface area contributed by atoms with Crippen LogP contribution in [0.1, 0.15) is 42.6 Å². The van der Waals surface area contributed by atoms with Crippen LogP contribution in [0.5, 0.6) is 0 Å². The maximum atomic E-state index is 12.2. The number of benzene rings is 1. The molecule has 2 aromatic rings. The summed E-state index contributed by atoms with van der Waals surface area (Å²) in [5.74, 6) is 0.365. The van der Waals surface area contributed by atoms with E-state index in [1.54, 1.807) is 36.4 Å². The van der Waals surface area contributed by atoms with E-state index in [1.165, 1.54) is 31.3 Å². The molecular formula is C19H21ClN4O. The fourth-order valence-corrected chi connectivity index (χ4v) is 2.98. The second-order valence-corrected chi connectivity index (χ2v) is 6.49. The van der Waals surface area contributed by atoms with Gasteiger partial charge in [-0.05, 0) is 62.4 Å². The fourth-order valence-electron chi connectivity index (χ4n) is 2.79. The van der Waals surface area contributed by atoms with Gasteiger partial charge < -0.3 is 10.6 Å². The average molecular weight is 357 g/mol. The first-order valence-electron chi connectivity index (χ1n) is 8.53. The third kappa shape index (κ3) is 5.29. The zero-order valence-corrected chi connectivity index (χ0v) is 14.7. The van der Waals surface area contributed by atoms with Crippen LogP contribution in [0.3, 0.4) is 0 Å². The summed E-state index contributed by atoms with van der Waals surface area (Å²) in [4.78, 5) is 12.2. The second kappa shape index (κ2) is 8.62. The lowest BCUT2D eigenvalue weighted by Crippen LogP contribution is -2.15. The quantitative estimate of drug-likeness (QED) is 0.737. The lowest BCUT2D eigenvalue weighted by molar-refractivity contribution is 0.102. The molecule has 1 aliphatic rings. The Morgan fingerprint density at radius 3 is 2.80 bits per heavy atom. The zero-order chi connectivity index (χ0) is 17.5. The van der Waals surface area contributed by atoms with E-state index < -0.39 is 0 Å². The van der Waals surface area contributed by atoms with Crippen LogP contribution in [0.15, 0.2) is 48.0 Å². The van der Waals surface area contributed by atoms with Gasteiger partial charge in [-0.3, -0.25) is 4.79 Å². The Morgan fingerprint density at radius 1 is 1.16 bits per heavy atom. The summed E-state index contributed by atoms with van der Waals surface area (Å²) in [5, 5.41) is 14.6. The van der Waals surface area contributed by atoms with Crippen molar-refractivity contribution >= 4 is 29.0 Å². The van der Waals surface area contributed by atoms with E-state index in [0.29, 0.717) is 16.5 Å². The van der Waals surface area contributed by atoms with Crippen molar-refractivity contribution in [2.24, 2.45) is 0 Å². The summed E-state index contributed by atoms with van der Waals surface area (Å²) >= 11 is 5.91. The molecule has 6 heteroatoms. The topological polar surface area (TPSA) is 66.9 Å². The summed E-state index contributed by atoms with van der Waals surface area (Å²) in [6, 6.07) is 10.4. The smallest absolute Gasteiger partial charge is 0.276 e. The van der Waals surface area contributed by atoms with Gasteiger partial charge in [0.05, 0.1) is 0 Å². The second-order valence-electron chi connectivity index (χ2n) is 6.05. The van der Waals surface area contributed by atoms with Crippen LogP contribution in [-0.4, -0.2) is 22.6 Å². The van der Waals surface area contributed by atoms with Crippen molar-refractivity contribution in [2.45, 2.75) is 32.1 Å². The van der Waals surface area contributed by atoms with Gasteiger partial charge in [0.1, 0.15) is 5.82 Å². The first kappa shape index (κ1) is 17.4. The van der Waals surface area contributed by atoms with Gasteiger partial charge in [-0.25, -0.2) is 0 Å². The molecule has 2 N–H and O–H groups in total. The Morgan fingerprint density at radius 2 is 2.08 bits per heavy atom. The molecule has 1 aliphatic carbocycles. The molecule has 5 nitrogen and oxygen atoms in total. The SMILES string of the molecule is O=C(Nc1cccc(Cl)c1)c1ccc(NCCC2=CCCCC2)nn1. The van der Waals surface area contributed by atoms with Gasteiger partial charge >= 0.3 is 0 Å². The van der Waals surface area contributed by atoms with Crippen LogP contribution in [0.25, 0.3) is 0 Å². The van der Waals surface area contributed by atoms with E-state index >= 15 is 0 Å². The number of carbonyl (C=O) groups is 1. The lowest BCUT2D eigenvalue weighted by Gasteiger charge is -2.13. The molecule has 0 bridgehead atoms. The number of nitrogens with zero attached hydrogens (tertiary/aromatic N) is 2. The number of anilines is 2. The number of carbonyl (C=O) groups excluding carboxylic acids is 1. The predicted molar refractivity (Wildman–Crippen MR) is 101 cm³/mol. The normalized spacial score (nSPS) is 13.9. The van der Waals surface area contributed by atoms with Gasteiger partial charge in [0.25, 0.3) is 5.91 Å². The van der Waals surface area contributed by atoms with Crippen molar-refractivity contribution in [2.75, 3.05) is 17.2 Å². The molecule has 1 aromatic carbocycles. The number of allylic oxidation sites excluding steroid dienone is 1. The maximum Gasteiger partial charge on any atom is 0.276 e. The minimum atomic E-state index is -0.311. The molecule has 0 radical (unpaired) electrons. The molecule has 1 amide bonds. The average Bonchev–Trinajstić information content (AvgIpc) is 2.63. The van der Waals surface area contributed by atoms with Crippen LogP contribution in [0, 0.1) is 0 Å². The molecular weight excluding hydrogens is 336 g/mol. The van der Waals surface area contributed by atoms with Crippen molar-refractivity contribution in [3.63, 3.8) is 0 Å². The van der Waals surface area contributed by atoms with E-state index in [9.17, 15) is 4.79 Å². The Hall–Kier alpha value is -2.40. The maximum absolute atomic E-state index is 12.2. The fraction of sp³-hybridized carbons (Fsp3) is 0.316. The summed E-state index contributed by atoms with van der Waals surface area (Å²) in [6.45, 7) is 0.828. The van der Waals surface area contributed by atoms with E-state index in [-0.39, 0.29) is 11.6 Å². The number of rotatable bonds is 6. The number of nitrogens with one attached hydrogen (secondary N) is 2. The van der Waals surface area contributed by atoms with E-state index in [1.807, 2.05) is 0 Å². The molecule has 1 aromatic heterocycles. The number of hydrogen-bond acceptors (Lipinski definition) is 4. The molecule has 0 saturated carbocycles. The van der Waals surface area contributed by atoms with Gasteiger partial charge in [0.2, 0.25) is 0 Å². The van der Waals surface area contributed by atoms with E-state index in [0.717, 1.165) is 13.0 Å². The molecule has 0 unspecified atom stereocenters. The highest BCUT2D eigenvalue weighted by molar-refractivity contribution is 6.30. The Balaban J connectivity index is 1.51. The van der Waals surface area contributed by atoms with E-state index in [4.69, 9.17) is 11.6 Å². The molecule has 0 atom stereocenters. The first-order chi connectivity index (χ1) is 12.2. The lowest BCUT2D eigenvalue weighted by atomic mass is 9.97. The third-order valence-corrected chi connectivity index (χ3v) is 4.35. The predicted octanol–water partition coefficient (Wildman–Crippen LogP) is 4.68. The van der Waals surface area contributed by atoms with Crippen LogP contribution in [0.2, 0.25) is 5.02 Å². The Labute approximate surface area is 152 Å². The molecule has 0 aliphatic heterocycles. The summed E-state index contributed by atoms with van der Waals surface area (Å²) in [6.07, 6.45) is 8.38. The zero-order valence-electron chi connectivity index (χ0n) is 14.0. The standard InChI is InChI=1S/C19H21ClN4O/c20-15-7-4-8-16(13-15)22-19(25)17-9-10-18(24-23-17)21-12-11-14-5-2-1-3-6-14/h4-5,7-10,13H,1-3,6,11-12H2,(H,21,24)(H,22,25). The van der Waals surface area contributed by atoms with Crippen LogP contribution >= 0.6 is 11.6 Å². The van der Waals surface area contributed by atoms with Crippen molar-refractivity contribution in [3.8, 4) is 0 Å². The van der Waals surface area contributed by atoms with Crippen LogP contribution < -0.4 is 10.6 Å². The molecule has 0 spiro atoms. The third-order valence-electron chi connectivity index (χ3n) is 4.12. The molecule has 0 fully saturated rings. The molecule has 130 valence electrons. The highest BCUT2D eigenvalue weighted by Gasteiger charge is 2.09. The van der Waals surface area contributed by atoms with Crippen molar-refractivity contribution in [1.82, 2.24) is 10.2 Å².